The number of thiazole rings is 1. The predicted molar refractivity (Wildman–Crippen MR) is 55.3 cm³/mol. The van der Waals surface area contributed by atoms with Crippen molar-refractivity contribution in [3.63, 3.8) is 0 Å². The summed E-state index contributed by atoms with van der Waals surface area (Å²) in [5.74, 6) is 0. The topological polar surface area (TPSA) is 12.9 Å². The van der Waals surface area contributed by atoms with Gasteiger partial charge in [0.15, 0.2) is 0 Å². The molecular weight excluding hydrogens is 346 g/mol. The number of alkyl halides is 3. The van der Waals surface area contributed by atoms with Crippen molar-refractivity contribution in [2.75, 3.05) is 0 Å². The molecule has 5 heteroatoms. The van der Waals surface area contributed by atoms with Gasteiger partial charge >= 0.3 is 0 Å². The van der Waals surface area contributed by atoms with Crippen molar-refractivity contribution in [2.24, 2.45) is 0 Å². The van der Waals surface area contributed by atoms with Crippen LogP contribution < -0.4 is 0 Å². The average Bonchev–Trinajstić information content (AvgIpc) is 2.33. The fourth-order valence-corrected chi connectivity index (χ4v) is 2.98. The van der Waals surface area contributed by atoms with E-state index < -0.39 is 0 Å². The van der Waals surface area contributed by atoms with Gasteiger partial charge in [-0.05, 0) is 0 Å². The highest BCUT2D eigenvalue weighted by Gasteiger charge is 2.10. The summed E-state index contributed by atoms with van der Waals surface area (Å²) < 4.78 is 0.179. The Kier molecular flexibility index (Phi) is 3.83. The molecule has 1 aromatic heterocycles. The Bertz CT molecular complexity index is 210. The van der Waals surface area contributed by atoms with Crippen molar-refractivity contribution in [3.05, 3.63) is 16.1 Å². The van der Waals surface area contributed by atoms with E-state index in [0.717, 1.165) is 11.0 Å². The standard InChI is InChI=1S/C5H4Br3NS/c6-1-3-4(5(7)8)9-2-10-3/h2,5H,1H2. The minimum absolute atomic E-state index is 0.179. The highest BCUT2D eigenvalue weighted by molar-refractivity contribution is 9.24. The summed E-state index contributed by atoms with van der Waals surface area (Å²) in [6, 6.07) is 0. The minimum atomic E-state index is 0.179. The van der Waals surface area contributed by atoms with Gasteiger partial charge in [-0.2, -0.15) is 0 Å². The van der Waals surface area contributed by atoms with E-state index in [1.807, 2.05) is 5.51 Å². The maximum absolute atomic E-state index is 4.18. The molecule has 1 aromatic rings. The number of halogens is 3. The van der Waals surface area contributed by atoms with Gasteiger partial charge in [0.05, 0.1) is 11.2 Å². The average molecular weight is 350 g/mol. The molecule has 0 aromatic carbocycles. The Hall–Kier alpha value is 1.07. The lowest BCUT2D eigenvalue weighted by Gasteiger charge is -1.97. The van der Waals surface area contributed by atoms with E-state index >= 15 is 0 Å². The SMILES string of the molecule is BrCc1scnc1C(Br)Br. The summed E-state index contributed by atoms with van der Waals surface area (Å²) in [6.45, 7) is 0. The van der Waals surface area contributed by atoms with E-state index in [4.69, 9.17) is 0 Å². The largest absolute Gasteiger partial charge is 0.247 e. The molecule has 0 aliphatic heterocycles. The van der Waals surface area contributed by atoms with E-state index in [1.54, 1.807) is 11.3 Å². The number of hydrogen-bond donors (Lipinski definition) is 0. The molecule has 0 spiro atoms. The highest BCUT2D eigenvalue weighted by atomic mass is 79.9. The zero-order chi connectivity index (χ0) is 7.56. The van der Waals surface area contributed by atoms with Gasteiger partial charge in [0.1, 0.15) is 3.74 Å². The smallest absolute Gasteiger partial charge is 0.113 e. The highest BCUT2D eigenvalue weighted by Crippen LogP contribution is 2.33. The zero-order valence-electron chi connectivity index (χ0n) is 4.85. The van der Waals surface area contributed by atoms with Crippen LogP contribution in [0.2, 0.25) is 0 Å². The molecular formula is C5H4Br3NS. The fourth-order valence-electron chi connectivity index (χ4n) is 0.557. The Morgan fingerprint density at radius 1 is 1.60 bits per heavy atom. The van der Waals surface area contributed by atoms with Crippen LogP contribution >= 0.6 is 59.1 Å². The lowest BCUT2D eigenvalue weighted by molar-refractivity contribution is 1.20. The molecule has 1 nitrogen and oxygen atoms in total. The second-order valence-corrected chi connectivity index (χ2v) is 6.16. The summed E-state index contributed by atoms with van der Waals surface area (Å²) in [6.07, 6.45) is 0. The van der Waals surface area contributed by atoms with Gasteiger partial charge in [-0.1, -0.05) is 47.8 Å². The van der Waals surface area contributed by atoms with Crippen molar-refractivity contribution >= 4 is 59.1 Å². The third-order valence-corrected chi connectivity index (χ3v) is 3.65. The molecule has 0 saturated heterocycles. The van der Waals surface area contributed by atoms with Crippen molar-refractivity contribution in [2.45, 2.75) is 9.07 Å². The molecule has 0 unspecified atom stereocenters. The molecule has 0 N–H and O–H groups in total. The van der Waals surface area contributed by atoms with Crippen molar-refractivity contribution in [3.8, 4) is 0 Å². The van der Waals surface area contributed by atoms with Crippen LogP contribution in [-0.4, -0.2) is 4.98 Å². The van der Waals surface area contributed by atoms with Crippen LogP contribution in [0.5, 0.6) is 0 Å². The lowest BCUT2D eigenvalue weighted by Crippen LogP contribution is -1.84. The third kappa shape index (κ3) is 2.03. The molecule has 1 heterocycles. The Labute approximate surface area is 88.6 Å². The molecule has 56 valence electrons. The number of aromatic nitrogens is 1. The maximum Gasteiger partial charge on any atom is 0.113 e. The Morgan fingerprint density at radius 3 is 2.70 bits per heavy atom. The number of hydrogen-bond acceptors (Lipinski definition) is 2. The summed E-state index contributed by atoms with van der Waals surface area (Å²) >= 11 is 11.8. The summed E-state index contributed by atoms with van der Waals surface area (Å²) in [5, 5.41) is 0.876. The Morgan fingerprint density at radius 2 is 2.30 bits per heavy atom. The van der Waals surface area contributed by atoms with E-state index in [9.17, 15) is 0 Å². The third-order valence-electron chi connectivity index (χ3n) is 1.00. The van der Waals surface area contributed by atoms with Crippen LogP contribution in [0, 0.1) is 0 Å². The van der Waals surface area contributed by atoms with Crippen LogP contribution in [-0.2, 0) is 5.33 Å². The van der Waals surface area contributed by atoms with Gasteiger partial charge in [0.2, 0.25) is 0 Å². The van der Waals surface area contributed by atoms with Gasteiger partial charge < -0.3 is 0 Å². The van der Waals surface area contributed by atoms with Crippen LogP contribution in [0.3, 0.4) is 0 Å². The van der Waals surface area contributed by atoms with E-state index in [0.29, 0.717) is 0 Å². The Balaban J connectivity index is 2.90. The van der Waals surface area contributed by atoms with Gasteiger partial charge in [0.25, 0.3) is 0 Å². The molecule has 0 atom stereocenters. The van der Waals surface area contributed by atoms with Gasteiger partial charge in [-0.25, -0.2) is 4.98 Å². The summed E-state index contributed by atoms with van der Waals surface area (Å²) in [4.78, 5) is 5.44. The first-order valence-electron chi connectivity index (χ1n) is 2.52. The summed E-state index contributed by atoms with van der Waals surface area (Å²) in [5.41, 5.74) is 2.92. The molecule has 0 fully saturated rings. The second-order valence-electron chi connectivity index (χ2n) is 1.60. The molecule has 0 bridgehead atoms. The van der Waals surface area contributed by atoms with Crippen molar-refractivity contribution in [1.29, 1.82) is 0 Å². The first kappa shape index (κ1) is 9.16. The molecule has 1 rings (SSSR count). The quantitative estimate of drug-likeness (QED) is 0.739. The van der Waals surface area contributed by atoms with E-state index in [2.05, 4.69) is 52.8 Å². The van der Waals surface area contributed by atoms with Gasteiger partial charge in [0, 0.05) is 10.2 Å². The lowest BCUT2D eigenvalue weighted by atomic mass is 10.4. The molecule has 0 aliphatic rings. The molecule has 0 radical (unpaired) electrons. The van der Waals surface area contributed by atoms with E-state index in [-0.39, 0.29) is 3.74 Å². The molecule has 10 heavy (non-hydrogen) atoms. The van der Waals surface area contributed by atoms with Crippen molar-refractivity contribution < 1.29 is 0 Å². The van der Waals surface area contributed by atoms with Crippen LogP contribution in [0.25, 0.3) is 0 Å². The predicted octanol–water partition coefficient (Wildman–Crippen LogP) is 3.83. The number of nitrogens with zero attached hydrogens (tertiary/aromatic N) is 1. The van der Waals surface area contributed by atoms with Crippen molar-refractivity contribution in [1.82, 2.24) is 4.98 Å². The van der Waals surface area contributed by atoms with E-state index in [1.165, 1.54) is 4.88 Å². The van der Waals surface area contributed by atoms with Crippen LogP contribution in [0.1, 0.15) is 14.3 Å². The first-order chi connectivity index (χ1) is 4.75. The maximum atomic E-state index is 4.18. The second kappa shape index (κ2) is 4.18. The normalized spacial score (nSPS) is 10.8. The molecule has 0 aliphatic carbocycles. The molecule has 0 saturated carbocycles. The fraction of sp³-hybridized carbons (Fsp3) is 0.400. The van der Waals surface area contributed by atoms with Crippen LogP contribution in [0.4, 0.5) is 0 Å². The van der Waals surface area contributed by atoms with Crippen LogP contribution in [0.15, 0.2) is 5.51 Å². The summed E-state index contributed by atoms with van der Waals surface area (Å²) in [7, 11) is 0. The monoisotopic (exact) mass is 347 g/mol. The van der Waals surface area contributed by atoms with Gasteiger partial charge in [-0.15, -0.1) is 11.3 Å². The van der Waals surface area contributed by atoms with Gasteiger partial charge in [-0.3, -0.25) is 0 Å². The minimum Gasteiger partial charge on any atom is -0.247 e. The zero-order valence-corrected chi connectivity index (χ0v) is 10.4. The first-order valence-corrected chi connectivity index (χ1v) is 6.35. The molecule has 0 amide bonds. The number of rotatable bonds is 2.